The fourth-order valence-electron chi connectivity index (χ4n) is 3.18. The van der Waals surface area contributed by atoms with E-state index in [1.54, 1.807) is 20.4 Å². The summed E-state index contributed by atoms with van der Waals surface area (Å²) >= 11 is 0. The van der Waals surface area contributed by atoms with Gasteiger partial charge < -0.3 is 20.1 Å². The molecule has 3 rings (SSSR count). The number of aliphatic imine (C=N–C) groups is 1. The minimum Gasteiger partial charge on any atom is -0.497 e. The first-order chi connectivity index (χ1) is 13.3. The normalized spacial score (nSPS) is 14.8. The second-order valence-electron chi connectivity index (χ2n) is 6.66. The van der Waals surface area contributed by atoms with Gasteiger partial charge in [-0.1, -0.05) is 12.1 Å². The lowest BCUT2D eigenvalue weighted by atomic mass is 10.2. The molecule has 0 aliphatic heterocycles. The average molecular weight is 368 g/mol. The Morgan fingerprint density at radius 3 is 2.56 bits per heavy atom. The van der Waals surface area contributed by atoms with Crippen LogP contribution in [0.25, 0.3) is 0 Å². The van der Waals surface area contributed by atoms with Gasteiger partial charge in [-0.3, -0.25) is 4.99 Å². The summed E-state index contributed by atoms with van der Waals surface area (Å²) in [5, 5.41) is 6.65. The molecule has 27 heavy (non-hydrogen) atoms. The third-order valence-electron chi connectivity index (χ3n) is 4.67. The lowest BCUT2D eigenvalue weighted by Gasteiger charge is -2.14. The van der Waals surface area contributed by atoms with Crippen LogP contribution in [-0.4, -0.2) is 31.2 Å². The van der Waals surface area contributed by atoms with Gasteiger partial charge >= 0.3 is 0 Å². The Morgan fingerprint density at radius 1 is 1.11 bits per heavy atom. The fraction of sp³-hybridized carbons (Fsp3) is 0.429. The van der Waals surface area contributed by atoms with Crippen molar-refractivity contribution in [3.63, 3.8) is 0 Å². The lowest BCUT2D eigenvalue weighted by Crippen LogP contribution is -2.36. The molecule has 0 amide bonds. The molecule has 1 heterocycles. The topological polar surface area (TPSA) is 67.8 Å². The van der Waals surface area contributed by atoms with Crippen LogP contribution in [-0.2, 0) is 13.1 Å². The summed E-state index contributed by atoms with van der Waals surface area (Å²) in [6.45, 7) is 1.32. The number of aromatic nitrogens is 1. The molecule has 1 saturated carbocycles. The van der Waals surface area contributed by atoms with E-state index in [2.05, 4.69) is 26.7 Å². The highest BCUT2D eigenvalue weighted by atomic mass is 16.5. The third-order valence-corrected chi connectivity index (χ3v) is 4.67. The van der Waals surface area contributed by atoms with E-state index in [4.69, 9.17) is 9.47 Å². The molecule has 1 aliphatic rings. The van der Waals surface area contributed by atoms with Crippen molar-refractivity contribution in [1.29, 1.82) is 0 Å². The van der Waals surface area contributed by atoms with Gasteiger partial charge in [0, 0.05) is 32.4 Å². The van der Waals surface area contributed by atoms with Gasteiger partial charge in [-0.25, -0.2) is 4.98 Å². The molecule has 1 fully saturated rings. The zero-order valence-corrected chi connectivity index (χ0v) is 16.1. The number of nitrogens with one attached hydrogen (secondary N) is 2. The third kappa shape index (κ3) is 5.88. The molecule has 1 aromatic carbocycles. The van der Waals surface area contributed by atoms with Crippen LogP contribution in [0, 0.1) is 0 Å². The van der Waals surface area contributed by atoms with E-state index in [1.807, 2.05) is 30.3 Å². The van der Waals surface area contributed by atoms with E-state index in [9.17, 15) is 0 Å². The van der Waals surface area contributed by atoms with E-state index in [0.717, 1.165) is 35.7 Å². The van der Waals surface area contributed by atoms with Crippen LogP contribution >= 0.6 is 0 Å². The van der Waals surface area contributed by atoms with Crippen molar-refractivity contribution in [3.8, 4) is 11.6 Å². The summed E-state index contributed by atoms with van der Waals surface area (Å²) in [5.41, 5.74) is 2.25. The number of hydrogen-bond donors (Lipinski definition) is 2. The smallest absolute Gasteiger partial charge is 0.213 e. The van der Waals surface area contributed by atoms with Crippen molar-refractivity contribution in [2.75, 3.05) is 14.2 Å². The fourth-order valence-corrected chi connectivity index (χ4v) is 3.18. The molecule has 0 unspecified atom stereocenters. The number of methoxy groups -OCH3 is 1. The van der Waals surface area contributed by atoms with Gasteiger partial charge in [-0.2, -0.15) is 0 Å². The van der Waals surface area contributed by atoms with Crippen molar-refractivity contribution >= 4 is 5.96 Å². The summed E-state index contributed by atoms with van der Waals surface area (Å²) in [4.78, 5) is 8.62. The van der Waals surface area contributed by atoms with Crippen LogP contribution in [0.2, 0.25) is 0 Å². The summed E-state index contributed by atoms with van der Waals surface area (Å²) in [7, 11) is 3.44. The van der Waals surface area contributed by atoms with Gasteiger partial charge in [0.15, 0.2) is 5.96 Å². The predicted octanol–water partition coefficient (Wildman–Crippen LogP) is 3.28. The molecule has 6 heteroatoms. The number of guanidine groups is 1. The van der Waals surface area contributed by atoms with E-state index in [-0.39, 0.29) is 0 Å². The quantitative estimate of drug-likeness (QED) is 0.580. The second kappa shape index (κ2) is 9.80. The van der Waals surface area contributed by atoms with Crippen LogP contribution in [0.1, 0.15) is 36.8 Å². The van der Waals surface area contributed by atoms with Crippen molar-refractivity contribution < 1.29 is 9.47 Å². The van der Waals surface area contributed by atoms with E-state index >= 15 is 0 Å². The Hall–Kier alpha value is -2.76. The highest BCUT2D eigenvalue weighted by molar-refractivity contribution is 5.79. The Labute approximate surface area is 161 Å². The first kappa shape index (κ1) is 19.0. The van der Waals surface area contributed by atoms with Gasteiger partial charge in [0.2, 0.25) is 5.88 Å². The summed E-state index contributed by atoms with van der Waals surface area (Å²) < 4.78 is 11.2. The number of hydrogen-bond acceptors (Lipinski definition) is 4. The molecule has 0 bridgehead atoms. The molecule has 2 aromatic rings. The Bertz CT molecular complexity index is 757. The molecule has 1 aliphatic carbocycles. The van der Waals surface area contributed by atoms with Crippen molar-refractivity contribution in [3.05, 3.63) is 53.7 Å². The molecule has 0 atom stereocenters. The Morgan fingerprint density at radius 2 is 1.85 bits per heavy atom. The van der Waals surface area contributed by atoms with Crippen LogP contribution in [0.3, 0.4) is 0 Å². The standard InChI is InChI=1S/C21H28N4O2/c1-22-21(24-14-16-6-5-9-19(12-16)26-2)25-15-17-10-11-23-20(13-17)27-18-7-3-4-8-18/h5-6,9-13,18H,3-4,7-8,14-15H2,1-2H3,(H2,22,24,25). The number of benzene rings is 1. The number of ether oxygens (including phenoxy) is 2. The number of nitrogens with zero attached hydrogens (tertiary/aromatic N) is 2. The predicted molar refractivity (Wildman–Crippen MR) is 107 cm³/mol. The van der Waals surface area contributed by atoms with Crippen molar-refractivity contribution in [2.45, 2.75) is 44.9 Å². The monoisotopic (exact) mass is 368 g/mol. The number of pyridine rings is 1. The zero-order valence-electron chi connectivity index (χ0n) is 16.1. The highest BCUT2D eigenvalue weighted by Gasteiger charge is 2.17. The molecule has 2 N–H and O–H groups in total. The second-order valence-corrected chi connectivity index (χ2v) is 6.66. The minimum absolute atomic E-state index is 0.318. The minimum atomic E-state index is 0.318. The van der Waals surface area contributed by atoms with Crippen LogP contribution in [0.5, 0.6) is 11.6 Å². The maximum atomic E-state index is 5.98. The molecule has 0 radical (unpaired) electrons. The maximum absolute atomic E-state index is 5.98. The zero-order chi connectivity index (χ0) is 18.9. The molecule has 0 spiro atoms. The highest BCUT2D eigenvalue weighted by Crippen LogP contribution is 2.23. The number of rotatable bonds is 7. The molecular weight excluding hydrogens is 340 g/mol. The largest absolute Gasteiger partial charge is 0.497 e. The molecular formula is C21H28N4O2. The van der Waals surface area contributed by atoms with E-state index < -0.39 is 0 Å². The average Bonchev–Trinajstić information content (AvgIpc) is 3.21. The van der Waals surface area contributed by atoms with Crippen molar-refractivity contribution in [2.24, 2.45) is 4.99 Å². The van der Waals surface area contributed by atoms with Gasteiger partial charge in [0.1, 0.15) is 11.9 Å². The summed E-state index contributed by atoms with van der Waals surface area (Å²) in [5.74, 6) is 2.30. The van der Waals surface area contributed by atoms with Crippen LogP contribution in [0.15, 0.2) is 47.6 Å². The molecule has 1 aromatic heterocycles. The van der Waals surface area contributed by atoms with Crippen LogP contribution in [0.4, 0.5) is 0 Å². The van der Waals surface area contributed by atoms with E-state index in [1.165, 1.54) is 12.8 Å². The van der Waals surface area contributed by atoms with Gasteiger partial charge in [0.05, 0.1) is 7.11 Å². The van der Waals surface area contributed by atoms with E-state index in [0.29, 0.717) is 25.1 Å². The first-order valence-corrected chi connectivity index (χ1v) is 9.46. The summed E-state index contributed by atoms with van der Waals surface area (Å²) in [6.07, 6.45) is 6.88. The Kier molecular flexibility index (Phi) is 6.90. The molecule has 144 valence electrons. The van der Waals surface area contributed by atoms with Gasteiger partial charge in [0.25, 0.3) is 0 Å². The maximum Gasteiger partial charge on any atom is 0.213 e. The van der Waals surface area contributed by atoms with Crippen molar-refractivity contribution in [1.82, 2.24) is 15.6 Å². The lowest BCUT2D eigenvalue weighted by molar-refractivity contribution is 0.201. The first-order valence-electron chi connectivity index (χ1n) is 9.46. The molecule has 6 nitrogen and oxygen atoms in total. The van der Waals surface area contributed by atoms with Gasteiger partial charge in [-0.05, 0) is 55.0 Å². The summed E-state index contributed by atoms with van der Waals surface area (Å²) in [6, 6.07) is 12.0. The molecule has 0 saturated heterocycles. The Balaban J connectivity index is 1.50. The SMILES string of the molecule is CN=C(NCc1cccc(OC)c1)NCc1ccnc(OC2CCCC2)c1. The van der Waals surface area contributed by atoms with Crippen LogP contribution < -0.4 is 20.1 Å². The van der Waals surface area contributed by atoms with Gasteiger partial charge in [-0.15, -0.1) is 0 Å².